The molecule has 0 aliphatic heterocycles. The molecule has 0 heterocycles. The highest BCUT2D eigenvalue weighted by Crippen LogP contribution is 2.15. The fourth-order valence-corrected chi connectivity index (χ4v) is 2.56. The van der Waals surface area contributed by atoms with E-state index in [0.717, 1.165) is 12.1 Å². The largest absolute Gasteiger partial charge is 0.489 e. The summed E-state index contributed by atoms with van der Waals surface area (Å²) < 4.78 is 18.7. The third-order valence-electron chi connectivity index (χ3n) is 4.01. The van der Waals surface area contributed by atoms with Gasteiger partial charge in [-0.15, -0.1) is 0 Å². The van der Waals surface area contributed by atoms with E-state index in [-0.39, 0.29) is 24.4 Å². The maximum atomic E-state index is 13.0. The number of hydrogen-bond acceptors (Lipinski definition) is 3. The van der Waals surface area contributed by atoms with E-state index in [2.05, 4.69) is 15.6 Å². The minimum Gasteiger partial charge on any atom is -0.489 e. The Morgan fingerprint density at radius 3 is 2.44 bits per heavy atom. The number of nitrogens with one attached hydrogen (secondary N) is 2. The van der Waals surface area contributed by atoms with Crippen molar-refractivity contribution in [1.29, 1.82) is 0 Å². The molecule has 0 saturated heterocycles. The Balaban J connectivity index is 1.89. The van der Waals surface area contributed by atoms with Crippen LogP contribution in [0.1, 0.15) is 25.3 Å². The smallest absolute Gasteiger partial charge is 0.191 e. The van der Waals surface area contributed by atoms with E-state index in [1.807, 2.05) is 44.2 Å². The molecule has 2 rings (SSSR count). The Morgan fingerprint density at radius 1 is 1.11 bits per heavy atom. The van der Waals surface area contributed by atoms with Gasteiger partial charge in [0.2, 0.25) is 0 Å². The zero-order valence-corrected chi connectivity index (χ0v) is 15.9. The van der Waals surface area contributed by atoms with Crippen LogP contribution >= 0.6 is 0 Å². The molecule has 0 aliphatic rings. The van der Waals surface area contributed by atoms with Gasteiger partial charge in [0.05, 0.1) is 19.7 Å². The van der Waals surface area contributed by atoms with Crippen LogP contribution in [0.3, 0.4) is 0 Å². The van der Waals surface area contributed by atoms with Gasteiger partial charge in [-0.1, -0.05) is 30.3 Å². The minimum absolute atomic E-state index is 0.0387. The van der Waals surface area contributed by atoms with Crippen molar-refractivity contribution in [2.45, 2.75) is 25.9 Å². The van der Waals surface area contributed by atoms with Crippen molar-refractivity contribution < 1.29 is 14.2 Å². The fourth-order valence-electron chi connectivity index (χ4n) is 2.56. The average molecular weight is 373 g/mol. The SMILES string of the molecule is CCNC(=NCC(CO)c1ccccc1)NCC(C)Oc1ccc(F)cc1. The van der Waals surface area contributed by atoms with E-state index in [4.69, 9.17) is 4.74 Å². The van der Waals surface area contributed by atoms with E-state index < -0.39 is 0 Å². The summed E-state index contributed by atoms with van der Waals surface area (Å²) in [6.45, 7) is 5.71. The molecule has 2 unspecified atom stereocenters. The molecule has 3 N–H and O–H groups in total. The van der Waals surface area contributed by atoms with Crippen molar-refractivity contribution in [2.24, 2.45) is 4.99 Å². The number of hydrogen-bond donors (Lipinski definition) is 3. The number of ether oxygens (including phenoxy) is 1. The van der Waals surface area contributed by atoms with Gasteiger partial charge in [-0.05, 0) is 43.7 Å². The summed E-state index contributed by atoms with van der Waals surface area (Å²) in [5.74, 6) is 0.958. The van der Waals surface area contributed by atoms with Crippen LogP contribution in [-0.4, -0.2) is 43.4 Å². The number of nitrogens with zero attached hydrogens (tertiary/aromatic N) is 1. The molecule has 0 aromatic heterocycles. The second kappa shape index (κ2) is 11.2. The normalized spacial score (nSPS) is 13.7. The van der Waals surface area contributed by atoms with Crippen LogP contribution in [0.5, 0.6) is 5.75 Å². The summed E-state index contributed by atoms with van der Waals surface area (Å²) in [4.78, 5) is 4.58. The molecule has 0 bridgehead atoms. The summed E-state index contributed by atoms with van der Waals surface area (Å²) in [6, 6.07) is 15.8. The first-order chi connectivity index (χ1) is 13.1. The number of halogens is 1. The maximum Gasteiger partial charge on any atom is 0.191 e. The Labute approximate surface area is 160 Å². The average Bonchev–Trinajstić information content (AvgIpc) is 2.69. The Morgan fingerprint density at radius 2 is 1.81 bits per heavy atom. The van der Waals surface area contributed by atoms with E-state index in [0.29, 0.717) is 24.8 Å². The molecule has 6 heteroatoms. The van der Waals surface area contributed by atoms with Crippen molar-refractivity contribution in [2.75, 3.05) is 26.2 Å². The van der Waals surface area contributed by atoms with E-state index in [1.165, 1.54) is 12.1 Å². The molecule has 5 nitrogen and oxygen atoms in total. The first kappa shape index (κ1) is 20.7. The zero-order chi connectivity index (χ0) is 19.5. The van der Waals surface area contributed by atoms with Crippen molar-refractivity contribution in [3.05, 3.63) is 66.0 Å². The molecule has 0 fully saturated rings. The van der Waals surface area contributed by atoms with E-state index in [1.54, 1.807) is 12.1 Å². The van der Waals surface area contributed by atoms with Crippen LogP contribution in [0.25, 0.3) is 0 Å². The summed E-state index contributed by atoms with van der Waals surface area (Å²) in [6.07, 6.45) is -0.123. The predicted molar refractivity (Wildman–Crippen MR) is 107 cm³/mol. The number of aliphatic hydroxyl groups excluding tert-OH is 1. The van der Waals surface area contributed by atoms with Gasteiger partial charge in [-0.2, -0.15) is 0 Å². The molecule has 0 saturated carbocycles. The molecule has 2 atom stereocenters. The fraction of sp³-hybridized carbons (Fsp3) is 0.381. The highest BCUT2D eigenvalue weighted by molar-refractivity contribution is 5.79. The van der Waals surface area contributed by atoms with Crippen LogP contribution in [0.15, 0.2) is 59.6 Å². The van der Waals surface area contributed by atoms with Gasteiger partial charge in [-0.3, -0.25) is 4.99 Å². The zero-order valence-electron chi connectivity index (χ0n) is 15.9. The van der Waals surface area contributed by atoms with Crippen molar-refractivity contribution >= 4 is 5.96 Å². The molecular formula is C21H28FN3O2. The Bertz CT molecular complexity index is 692. The third kappa shape index (κ3) is 7.27. The molecule has 27 heavy (non-hydrogen) atoms. The Kier molecular flexibility index (Phi) is 8.58. The topological polar surface area (TPSA) is 65.9 Å². The maximum absolute atomic E-state index is 13.0. The van der Waals surface area contributed by atoms with Crippen molar-refractivity contribution in [3.63, 3.8) is 0 Å². The van der Waals surface area contributed by atoms with E-state index in [9.17, 15) is 9.50 Å². The lowest BCUT2D eigenvalue weighted by Gasteiger charge is -2.18. The molecule has 0 radical (unpaired) electrons. The summed E-state index contributed by atoms with van der Waals surface area (Å²) in [5.41, 5.74) is 1.06. The van der Waals surface area contributed by atoms with Crippen LogP contribution in [0.4, 0.5) is 4.39 Å². The number of guanidine groups is 1. The number of aliphatic hydroxyl groups is 1. The van der Waals surface area contributed by atoms with Gasteiger partial charge in [0, 0.05) is 12.5 Å². The summed E-state index contributed by atoms with van der Waals surface area (Å²) >= 11 is 0. The number of aliphatic imine (C=N–C) groups is 1. The molecule has 2 aromatic carbocycles. The van der Waals surface area contributed by atoms with Crippen molar-refractivity contribution in [3.8, 4) is 5.75 Å². The second-order valence-corrected chi connectivity index (χ2v) is 6.27. The lowest BCUT2D eigenvalue weighted by molar-refractivity contribution is 0.223. The number of rotatable bonds is 9. The third-order valence-corrected chi connectivity index (χ3v) is 4.01. The number of benzene rings is 2. The highest BCUT2D eigenvalue weighted by atomic mass is 19.1. The molecule has 0 aliphatic carbocycles. The highest BCUT2D eigenvalue weighted by Gasteiger charge is 2.11. The standard InChI is InChI=1S/C21H28FN3O2/c1-3-23-21(25-14-18(15-26)17-7-5-4-6-8-17)24-13-16(2)27-20-11-9-19(22)10-12-20/h4-12,16,18,26H,3,13-15H2,1-2H3,(H2,23,24,25). The lowest BCUT2D eigenvalue weighted by Crippen LogP contribution is -2.42. The minimum atomic E-state index is -0.286. The monoisotopic (exact) mass is 373 g/mol. The predicted octanol–water partition coefficient (Wildman–Crippen LogP) is 2.92. The summed E-state index contributed by atoms with van der Waals surface area (Å²) in [5, 5.41) is 16.1. The van der Waals surface area contributed by atoms with Gasteiger partial charge in [0.15, 0.2) is 5.96 Å². The first-order valence-electron chi connectivity index (χ1n) is 9.22. The molecule has 2 aromatic rings. The summed E-state index contributed by atoms with van der Waals surface area (Å²) in [7, 11) is 0. The quantitative estimate of drug-likeness (QED) is 0.467. The molecular weight excluding hydrogens is 345 g/mol. The van der Waals surface area contributed by atoms with Crippen molar-refractivity contribution in [1.82, 2.24) is 10.6 Å². The first-order valence-corrected chi connectivity index (χ1v) is 9.22. The van der Waals surface area contributed by atoms with Crippen LogP contribution in [0, 0.1) is 5.82 Å². The Hall–Kier alpha value is -2.60. The van der Waals surface area contributed by atoms with Crippen LogP contribution in [-0.2, 0) is 0 Å². The molecule has 146 valence electrons. The van der Waals surface area contributed by atoms with Gasteiger partial charge in [-0.25, -0.2) is 4.39 Å². The van der Waals surface area contributed by atoms with Crippen LogP contribution in [0.2, 0.25) is 0 Å². The molecule has 0 amide bonds. The second-order valence-electron chi connectivity index (χ2n) is 6.27. The molecule has 0 spiro atoms. The van der Waals surface area contributed by atoms with E-state index >= 15 is 0 Å². The lowest BCUT2D eigenvalue weighted by atomic mass is 10.0. The van der Waals surface area contributed by atoms with Gasteiger partial charge >= 0.3 is 0 Å². The van der Waals surface area contributed by atoms with Gasteiger partial charge < -0.3 is 20.5 Å². The van der Waals surface area contributed by atoms with Crippen LogP contribution < -0.4 is 15.4 Å². The van der Waals surface area contributed by atoms with Gasteiger partial charge in [0.25, 0.3) is 0 Å². The van der Waals surface area contributed by atoms with Gasteiger partial charge in [0.1, 0.15) is 17.7 Å².